The lowest BCUT2D eigenvalue weighted by atomic mass is 10.0. The first kappa shape index (κ1) is 15.5. The van der Waals surface area contributed by atoms with Crippen LogP contribution in [0.15, 0.2) is 27.8 Å². The van der Waals surface area contributed by atoms with Gasteiger partial charge in [0.1, 0.15) is 11.4 Å². The molecule has 1 aliphatic heterocycles. The van der Waals surface area contributed by atoms with Crippen molar-refractivity contribution in [3.63, 3.8) is 0 Å². The molecule has 0 spiro atoms. The van der Waals surface area contributed by atoms with Crippen LogP contribution in [0.2, 0.25) is 0 Å². The van der Waals surface area contributed by atoms with Crippen LogP contribution in [-0.4, -0.2) is 6.54 Å². The number of nitrogens with zero attached hydrogens (tertiary/aromatic N) is 1. The highest BCUT2D eigenvalue weighted by Crippen LogP contribution is 2.34. The predicted octanol–water partition coefficient (Wildman–Crippen LogP) is 1.22. The van der Waals surface area contributed by atoms with Gasteiger partial charge in [-0.25, -0.2) is 0 Å². The maximum absolute atomic E-state index is 11.8. The van der Waals surface area contributed by atoms with Crippen molar-refractivity contribution in [1.82, 2.24) is 0 Å². The third-order valence-corrected chi connectivity index (χ3v) is 3.95. The molecular formula is C15H18ClN3O2. The first-order valence-electron chi connectivity index (χ1n) is 6.81. The molecule has 1 aliphatic rings. The molecule has 3 rings (SSSR count). The minimum Gasteiger partial charge on any atom is -0.394 e. The molecule has 0 aliphatic carbocycles. The van der Waals surface area contributed by atoms with Gasteiger partial charge < -0.3 is 16.4 Å². The zero-order valence-electron chi connectivity index (χ0n) is 11.6. The molecule has 0 unspecified atom stereocenters. The highest BCUT2D eigenvalue weighted by atomic mass is 35.5. The molecule has 4 N–H and O–H groups in total. The summed E-state index contributed by atoms with van der Waals surface area (Å²) in [5.74, 6) is 0. The Bertz CT molecular complexity index is 735. The van der Waals surface area contributed by atoms with Crippen molar-refractivity contribution in [1.29, 1.82) is 0 Å². The summed E-state index contributed by atoms with van der Waals surface area (Å²) in [6.07, 6.45) is 2.98. The SMILES string of the molecule is Cl.NCc1ccc2c(c1)N(c1c(N)c(=O)c1=O)CCCC2. The Labute approximate surface area is 128 Å². The molecule has 0 bridgehead atoms. The topological polar surface area (TPSA) is 89.4 Å². The molecule has 0 saturated heterocycles. The lowest BCUT2D eigenvalue weighted by Crippen LogP contribution is -2.41. The lowest BCUT2D eigenvalue weighted by Gasteiger charge is -2.27. The van der Waals surface area contributed by atoms with Gasteiger partial charge in [0.05, 0.1) is 0 Å². The second-order valence-electron chi connectivity index (χ2n) is 5.20. The number of nitrogens with two attached hydrogens (primary N) is 2. The van der Waals surface area contributed by atoms with E-state index in [9.17, 15) is 9.59 Å². The highest BCUT2D eigenvalue weighted by Gasteiger charge is 2.27. The van der Waals surface area contributed by atoms with Crippen LogP contribution < -0.4 is 27.2 Å². The second-order valence-corrected chi connectivity index (χ2v) is 5.20. The molecule has 0 amide bonds. The Kier molecular flexibility index (Phi) is 4.34. The Morgan fingerprint density at radius 1 is 1.14 bits per heavy atom. The Hall–Kier alpha value is -1.85. The van der Waals surface area contributed by atoms with Gasteiger partial charge in [0.15, 0.2) is 0 Å². The van der Waals surface area contributed by atoms with Gasteiger partial charge in [-0.15, -0.1) is 12.4 Å². The molecule has 0 radical (unpaired) electrons. The molecule has 0 aromatic heterocycles. The molecule has 2 aromatic rings. The fourth-order valence-electron chi connectivity index (χ4n) is 2.80. The molecule has 112 valence electrons. The van der Waals surface area contributed by atoms with Crippen molar-refractivity contribution in [2.24, 2.45) is 5.73 Å². The number of hydrogen-bond donors (Lipinski definition) is 2. The van der Waals surface area contributed by atoms with Crippen LogP contribution >= 0.6 is 12.4 Å². The number of fused-ring (bicyclic) bond motifs is 1. The van der Waals surface area contributed by atoms with E-state index < -0.39 is 10.9 Å². The van der Waals surface area contributed by atoms with E-state index in [0.29, 0.717) is 18.8 Å². The third kappa shape index (κ3) is 2.43. The largest absolute Gasteiger partial charge is 0.394 e. The maximum Gasteiger partial charge on any atom is 0.253 e. The van der Waals surface area contributed by atoms with Gasteiger partial charge in [0.2, 0.25) is 0 Å². The number of halogens is 1. The monoisotopic (exact) mass is 307 g/mol. The van der Waals surface area contributed by atoms with Crippen molar-refractivity contribution in [2.75, 3.05) is 17.2 Å². The summed E-state index contributed by atoms with van der Waals surface area (Å²) in [7, 11) is 0. The van der Waals surface area contributed by atoms with Crippen molar-refractivity contribution >= 4 is 29.5 Å². The fourth-order valence-corrected chi connectivity index (χ4v) is 2.80. The number of aryl methyl sites for hydroxylation is 1. The summed E-state index contributed by atoms with van der Waals surface area (Å²) in [6.45, 7) is 1.15. The number of benzene rings is 1. The van der Waals surface area contributed by atoms with Crippen LogP contribution in [0, 0.1) is 0 Å². The average Bonchev–Trinajstić information content (AvgIpc) is 2.69. The number of rotatable bonds is 2. The first-order valence-corrected chi connectivity index (χ1v) is 6.81. The summed E-state index contributed by atoms with van der Waals surface area (Å²) >= 11 is 0. The first-order chi connectivity index (χ1) is 9.63. The van der Waals surface area contributed by atoms with Crippen LogP contribution in [0.3, 0.4) is 0 Å². The smallest absolute Gasteiger partial charge is 0.253 e. The Morgan fingerprint density at radius 2 is 1.90 bits per heavy atom. The highest BCUT2D eigenvalue weighted by molar-refractivity contribution is 5.85. The van der Waals surface area contributed by atoms with E-state index >= 15 is 0 Å². The molecule has 0 atom stereocenters. The van der Waals surface area contributed by atoms with Crippen LogP contribution in [0.5, 0.6) is 0 Å². The molecule has 5 nitrogen and oxygen atoms in total. The van der Waals surface area contributed by atoms with Gasteiger partial charge in [-0.2, -0.15) is 0 Å². The van der Waals surface area contributed by atoms with Gasteiger partial charge in [0.25, 0.3) is 10.9 Å². The summed E-state index contributed by atoms with van der Waals surface area (Å²) in [6, 6.07) is 6.06. The average molecular weight is 308 g/mol. The molecular weight excluding hydrogens is 290 g/mol. The number of hydrogen-bond acceptors (Lipinski definition) is 5. The van der Waals surface area contributed by atoms with Crippen molar-refractivity contribution in [2.45, 2.75) is 25.8 Å². The fraction of sp³-hybridized carbons (Fsp3) is 0.333. The molecule has 6 heteroatoms. The zero-order chi connectivity index (χ0) is 14.3. The van der Waals surface area contributed by atoms with E-state index in [0.717, 1.165) is 30.5 Å². The molecule has 0 saturated carbocycles. The molecule has 2 aromatic carbocycles. The molecule has 0 fully saturated rings. The van der Waals surface area contributed by atoms with E-state index in [4.69, 9.17) is 11.5 Å². The number of nitrogen functional groups attached to an aromatic ring is 1. The van der Waals surface area contributed by atoms with Crippen LogP contribution in [0.4, 0.5) is 17.1 Å². The quantitative estimate of drug-likeness (QED) is 0.814. The summed E-state index contributed by atoms with van der Waals surface area (Å²) in [4.78, 5) is 25.0. The van der Waals surface area contributed by atoms with E-state index in [2.05, 4.69) is 6.07 Å². The molecule has 21 heavy (non-hydrogen) atoms. The van der Waals surface area contributed by atoms with Crippen molar-refractivity contribution in [3.05, 3.63) is 49.8 Å². The van der Waals surface area contributed by atoms with E-state index in [1.54, 1.807) is 0 Å². The van der Waals surface area contributed by atoms with Crippen LogP contribution in [0.1, 0.15) is 24.0 Å². The zero-order valence-corrected chi connectivity index (χ0v) is 12.4. The second kappa shape index (κ2) is 5.87. The van der Waals surface area contributed by atoms with E-state index in [1.807, 2.05) is 17.0 Å². The van der Waals surface area contributed by atoms with Crippen LogP contribution in [-0.2, 0) is 13.0 Å². The Morgan fingerprint density at radius 3 is 2.57 bits per heavy atom. The third-order valence-electron chi connectivity index (χ3n) is 3.95. The summed E-state index contributed by atoms with van der Waals surface area (Å²) < 4.78 is 0. The minimum atomic E-state index is -0.569. The Balaban J connectivity index is 0.00000161. The normalized spacial score (nSPS) is 14.4. The van der Waals surface area contributed by atoms with E-state index in [1.165, 1.54) is 5.56 Å². The minimum absolute atomic E-state index is 0. The van der Waals surface area contributed by atoms with Crippen LogP contribution in [0.25, 0.3) is 0 Å². The van der Waals surface area contributed by atoms with Crippen molar-refractivity contribution < 1.29 is 0 Å². The maximum atomic E-state index is 11.8. The molecule has 1 heterocycles. The van der Waals surface area contributed by atoms with Crippen molar-refractivity contribution in [3.8, 4) is 0 Å². The van der Waals surface area contributed by atoms with Gasteiger partial charge in [0, 0.05) is 18.8 Å². The van der Waals surface area contributed by atoms with Gasteiger partial charge in [-0.05, 0) is 36.5 Å². The standard InChI is InChI=1S/C15H17N3O2.ClH/c16-8-9-4-5-10-3-1-2-6-18(11(10)7-9)13-12(17)14(19)15(13)20;/h4-5,7H,1-3,6,8,16-17H2;1H. The summed E-state index contributed by atoms with van der Waals surface area (Å²) in [5, 5.41) is 0. The number of anilines is 3. The van der Waals surface area contributed by atoms with Gasteiger partial charge in [-0.3, -0.25) is 9.59 Å². The van der Waals surface area contributed by atoms with E-state index in [-0.39, 0.29) is 18.1 Å². The lowest BCUT2D eigenvalue weighted by molar-refractivity contribution is 0.759. The van der Waals surface area contributed by atoms with Gasteiger partial charge >= 0.3 is 0 Å². The predicted molar refractivity (Wildman–Crippen MR) is 87.3 cm³/mol. The summed E-state index contributed by atoms with van der Waals surface area (Å²) in [5.41, 5.74) is 13.9. The van der Waals surface area contributed by atoms with Gasteiger partial charge in [-0.1, -0.05) is 12.1 Å².